The molecule has 0 aromatic heterocycles. The number of nitrogens with zero attached hydrogens (tertiary/aromatic N) is 1. The van der Waals surface area contributed by atoms with E-state index < -0.39 is 0 Å². The summed E-state index contributed by atoms with van der Waals surface area (Å²) in [6.07, 6.45) is 6.89. The van der Waals surface area contributed by atoms with Crippen LogP contribution in [0.3, 0.4) is 0 Å². The number of anilines is 1. The van der Waals surface area contributed by atoms with Crippen molar-refractivity contribution in [3.05, 3.63) is 29.8 Å². The van der Waals surface area contributed by atoms with E-state index in [2.05, 4.69) is 12.2 Å². The minimum atomic E-state index is -0.00709. The zero-order valence-corrected chi connectivity index (χ0v) is 13.4. The van der Waals surface area contributed by atoms with Crippen LogP contribution >= 0.6 is 0 Å². The molecule has 22 heavy (non-hydrogen) atoms. The van der Waals surface area contributed by atoms with Gasteiger partial charge in [0.15, 0.2) is 0 Å². The zero-order valence-electron chi connectivity index (χ0n) is 13.4. The van der Waals surface area contributed by atoms with E-state index in [1.165, 1.54) is 6.42 Å². The lowest BCUT2D eigenvalue weighted by Gasteiger charge is -2.27. The normalized spacial score (nSPS) is 14.7. The summed E-state index contributed by atoms with van der Waals surface area (Å²) in [7, 11) is 0. The molecule has 0 bridgehead atoms. The summed E-state index contributed by atoms with van der Waals surface area (Å²) in [4.78, 5) is 26.5. The number of unbranched alkanes of at least 4 members (excludes halogenated alkanes) is 2. The van der Waals surface area contributed by atoms with Crippen LogP contribution in [-0.4, -0.2) is 29.8 Å². The van der Waals surface area contributed by atoms with E-state index in [1.54, 1.807) is 6.07 Å². The maximum atomic E-state index is 12.6. The van der Waals surface area contributed by atoms with E-state index in [0.29, 0.717) is 17.7 Å². The zero-order chi connectivity index (χ0) is 15.8. The largest absolute Gasteiger partial charge is 0.339 e. The molecule has 0 saturated carbocycles. The maximum Gasteiger partial charge on any atom is 0.255 e. The van der Waals surface area contributed by atoms with Crippen LogP contribution in [0.2, 0.25) is 0 Å². The highest BCUT2D eigenvalue weighted by molar-refractivity contribution is 6.03. The van der Waals surface area contributed by atoms with Crippen LogP contribution in [0.15, 0.2) is 24.3 Å². The Balaban J connectivity index is 2.02. The monoisotopic (exact) mass is 302 g/mol. The number of para-hydroxylation sites is 1. The average Bonchev–Trinajstić information content (AvgIpc) is 2.56. The molecule has 2 rings (SSSR count). The summed E-state index contributed by atoms with van der Waals surface area (Å²) in [6, 6.07) is 7.33. The molecular weight excluding hydrogens is 276 g/mol. The summed E-state index contributed by atoms with van der Waals surface area (Å²) in [6.45, 7) is 3.75. The summed E-state index contributed by atoms with van der Waals surface area (Å²) >= 11 is 0. The molecular formula is C18H26N2O2. The van der Waals surface area contributed by atoms with Gasteiger partial charge in [0.05, 0.1) is 11.3 Å². The molecule has 1 aliphatic heterocycles. The second-order valence-corrected chi connectivity index (χ2v) is 5.90. The Labute approximate surface area is 132 Å². The van der Waals surface area contributed by atoms with Gasteiger partial charge >= 0.3 is 0 Å². The lowest BCUT2D eigenvalue weighted by Crippen LogP contribution is -2.36. The average molecular weight is 302 g/mol. The van der Waals surface area contributed by atoms with Gasteiger partial charge in [-0.2, -0.15) is 0 Å². The third-order valence-electron chi connectivity index (χ3n) is 4.08. The van der Waals surface area contributed by atoms with Crippen LogP contribution in [0.25, 0.3) is 0 Å². The number of piperidine rings is 1. The molecule has 0 atom stereocenters. The molecule has 1 aliphatic rings. The summed E-state index contributed by atoms with van der Waals surface area (Å²) < 4.78 is 0. The molecule has 1 saturated heterocycles. The van der Waals surface area contributed by atoms with Gasteiger partial charge in [0.25, 0.3) is 5.91 Å². The van der Waals surface area contributed by atoms with Crippen LogP contribution in [-0.2, 0) is 4.79 Å². The van der Waals surface area contributed by atoms with Gasteiger partial charge < -0.3 is 10.2 Å². The number of carbonyl (C=O) groups is 2. The van der Waals surface area contributed by atoms with E-state index >= 15 is 0 Å². The molecule has 0 spiro atoms. The van der Waals surface area contributed by atoms with Gasteiger partial charge in [0, 0.05) is 19.5 Å². The second-order valence-electron chi connectivity index (χ2n) is 5.90. The van der Waals surface area contributed by atoms with Crippen molar-refractivity contribution in [3.8, 4) is 0 Å². The molecule has 120 valence electrons. The highest BCUT2D eigenvalue weighted by Gasteiger charge is 2.21. The Hall–Kier alpha value is -1.84. The molecule has 0 radical (unpaired) electrons. The van der Waals surface area contributed by atoms with Crippen molar-refractivity contribution < 1.29 is 9.59 Å². The number of hydrogen-bond acceptors (Lipinski definition) is 2. The van der Waals surface area contributed by atoms with Gasteiger partial charge in [0.2, 0.25) is 5.91 Å². The Morgan fingerprint density at radius 1 is 1.09 bits per heavy atom. The predicted molar refractivity (Wildman–Crippen MR) is 89.0 cm³/mol. The van der Waals surface area contributed by atoms with E-state index in [-0.39, 0.29) is 11.8 Å². The van der Waals surface area contributed by atoms with Crippen molar-refractivity contribution in [1.29, 1.82) is 0 Å². The number of amides is 2. The summed E-state index contributed by atoms with van der Waals surface area (Å²) in [5.74, 6) is 0.0245. The van der Waals surface area contributed by atoms with Crippen molar-refractivity contribution >= 4 is 17.5 Å². The third kappa shape index (κ3) is 4.58. The molecule has 4 heteroatoms. The first-order valence-electron chi connectivity index (χ1n) is 8.40. The fourth-order valence-corrected chi connectivity index (χ4v) is 2.79. The second kappa shape index (κ2) is 8.57. The highest BCUT2D eigenvalue weighted by Crippen LogP contribution is 2.20. The maximum absolute atomic E-state index is 12.6. The minimum absolute atomic E-state index is 0.00709. The summed E-state index contributed by atoms with van der Waals surface area (Å²) in [5, 5.41) is 2.90. The standard InChI is InChI=1S/C18H26N2O2/c1-2-3-5-12-17(21)19-16-11-7-6-10-15(16)18(22)20-13-8-4-9-14-20/h6-7,10-11H,2-5,8-9,12-14H2,1H3,(H,19,21). The SMILES string of the molecule is CCCCCC(=O)Nc1ccccc1C(=O)N1CCCCC1. The molecule has 2 amide bonds. The van der Waals surface area contributed by atoms with Crippen LogP contribution in [0.1, 0.15) is 62.2 Å². The van der Waals surface area contributed by atoms with E-state index in [4.69, 9.17) is 0 Å². The topological polar surface area (TPSA) is 49.4 Å². The number of nitrogens with one attached hydrogen (secondary N) is 1. The first-order valence-corrected chi connectivity index (χ1v) is 8.40. The van der Waals surface area contributed by atoms with E-state index in [9.17, 15) is 9.59 Å². The van der Waals surface area contributed by atoms with Crippen LogP contribution in [0.4, 0.5) is 5.69 Å². The van der Waals surface area contributed by atoms with Crippen LogP contribution in [0, 0.1) is 0 Å². The van der Waals surface area contributed by atoms with E-state index in [0.717, 1.165) is 45.2 Å². The fourth-order valence-electron chi connectivity index (χ4n) is 2.79. The third-order valence-corrected chi connectivity index (χ3v) is 4.08. The van der Waals surface area contributed by atoms with Crippen molar-refractivity contribution in [2.24, 2.45) is 0 Å². The Kier molecular flexibility index (Phi) is 6.44. The molecule has 1 fully saturated rings. The Morgan fingerprint density at radius 2 is 1.82 bits per heavy atom. The molecule has 0 unspecified atom stereocenters. The number of rotatable bonds is 6. The van der Waals surface area contributed by atoms with Gasteiger partial charge in [-0.3, -0.25) is 9.59 Å². The van der Waals surface area contributed by atoms with Gasteiger partial charge in [-0.05, 0) is 37.8 Å². The number of benzene rings is 1. The quantitative estimate of drug-likeness (QED) is 0.812. The minimum Gasteiger partial charge on any atom is -0.339 e. The van der Waals surface area contributed by atoms with E-state index in [1.807, 2.05) is 23.1 Å². The predicted octanol–water partition coefficient (Wildman–Crippen LogP) is 3.83. The molecule has 1 aromatic rings. The van der Waals surface area contributed by atoms with Gasteiger partial charge in [-0.1, -0.05) is 31.9 Å². The van der Waals surface area contributed by atoms with Gasteiger partial charge in [-0.25, -0.2) is 0 Å². The van der Waals surface area contributed by atoms with Crippen molar-refractivity contribution in [3.63, 3.8) is 0 Å². The molecule has 1 aromatic carbocycles. The van der Waals surface area contributed by atoms with Crippen molar-refractivity contribution in [1.82, 2.24) is 4.90 Å². The van der Waals surface area contributed by atoms with Gasteiger partial charge in [0.1, 0.15) is 0 Å². The number of hydrogen-bond donors (Lipinski definition) is 1. The van der Waals surface area contributed by atoms with Gasteiger partial charge in [-0.15, -0.1) is 0 Å². The Bertz CT molecular complexity index is 508. The van der Waals surface area contributed by atoms with Crippen LogP contribution < -0.4 is 5.32 Å². The molecule has 4 nitrogen and oxygen atoms in total. The summed E-state index contributed by atoms with van der Waals surface area (Å²) in [5.41, 5.74) is 1.24. The van der Waals surface area contributed by atoms with Crippen molar-refractivity contribution in [2.45, 2.75) is 51.9 Å². The first-order chi connectivity index (χ1) is 10.7. The number of likely N-dealkylation sites (tertiary alicyclic amines) is 1. The molecule has 1 N–H and O–H groups in total. The first kappa shape index (κ1) is 16.5. The fraction of sp³-hybridized carbons (Fsp3) is 0.556. The van der Waals surface area contributed by atoms with Crippen LogP contribution in [0.5, 0.6) is 0 Å². The smallest absolute Gasteiger partial charge is 0.255 e. The lowest BCUT2D eigenvalue weighted by atomic mass is 10.1. The lowest BCUT2D eigenvalue weighted by molar-refractivity contribution is -0.116. The Morgan fingerprint density at radius 3 is 2.55 bits per heavy atom. The molecule has 0 aliphatic carbocycles. The highest BCUT2D eigenvalue weighted by atomic mass is 16.2. The number of carbonyl (C=O) groups excluding carboxylic acids is 2. The molecule has 1 heterocycles. The van der Waals surface area contributed by atoms with Crippen molar-refractivity contribution in [2.75, 3.05) is 18.4 Å².